The van der Waals surface area contributed by atoms with Crippen molar-refractivity contribution in [3.8, 4) is 0 Å². The van der Waals surface area contributed by atoms with Crippen LogP contribution in [0.25, 0.3) is 10.9 Å². The Morgan fingerprint density at radius 3 is 2.65 bits per heavy atom. The van der Waals surface area contributed by atoms with E-state index in [1.54, 1.807) is 0 Å². The van der Waals surface area contributed by atoms with Crippen molar-refractivity contribution in [1.29, 1.82) is 0 Å². The molecule has 0 spiro atoms. The van der Waals surface area contributed by atoms with E-state index in [0.717, 1.165) is 36.9 Å². The normalized spacial score (nSPS) is 19.6. The molecule has 2 heterocycles. The molecule has 172 valence electrons. The van der Waals surface area contributed by atoms with Crippen molar-refractivity contribution < 1.29 is 4.74 Å². The number of pyridine rings is 1. The molecule has 1 saturated heterocycles. The number of para-hydroxylation sites is 1. The van der Waals surface area contributed by atoms with Crippen molar-refractivity contribution in [2.45, 2.75) is 46.3 Å². The Morgan fingerprint density at radius 1 is 1.23 bits per heavy atom. The molecule has 7 heteroatoms. The molecule has 31 heavy (non-hydrogen) atoms. The number of rotatable bonds is 5. The van der Waals surface area contributed by atoms with Crippen LogP contribution in [0.3, 0.4) is 0 Å². The molecular weight excluding hydrogens is 501 g/mol. The number of ether oxygens (including phenoxy) is 1. The van der Waals surface area contributed by atoms with E-state index in [4.69, 9.17) is 9.72 Å². The number of halogens is 1. The summed E-state index contributed by atoms with van der Waals surface area (Å²) >= 11 is 0. The zero-order chi connectivity index (χ0) is 21.7. The lowest BCUT2D eigenvalue weighted by atomic mass is 9.78. The maximum Gasteiger partial charge on any atom is 0.191 e. The van der Waals surface area contributed by atoms with Gasteiger partial charge in [0.1, 0.15) is 5.82 Å². The van der Waals surface area contributed by atoms with Gasteiger partial charge >= 0.3 is 0 Å². The molecule has 2 unspecified atom stereocenters. The molecule has 0 bridgehead atoms. The SMILES string of the molecule is CN=C(NCc1cc(N(C)C)nc2ccccc12)NCC1CCCOC1C(C)(C)C.I. The van der Waals surface area contributed by atoms with Crippen molar-refractivity contribution in [2.24, 2.45) is 16.3 Å². The van der Waals surface area contributed by atoms with Gasteiger partial charge in [-0.15, -0.1) is 24.0 Å². The first-order chi connectivity index (χ1) is 14.3. The van der Waals surface area contributed by atoms with Crippen LogP contribution < -0.4 is 15.5 Å². The summed E-state index contributed by atoms with van der Waals surface area (Å²) in [4.78, 5) is 11.2. The Balaban J connectivity index is 0.00000341. The first kappa shape index (κ1) is 25.6. The molecule has 2 N–H and O–H groups in total. The summed E-state index contributed by atoms with van der Waals surface area (Å²) in [5, 5.41) is 8.18. The second-order valence-corrected chi connectivity index (χ2v) is 9.42. The number of nitrogens with zero attached hydrogens (tertiary/aromatic N) is 3. The second-order valence-electron chi connectivity index (χ2n) is 9.42. The summed E-state index contributed by atoms with van der Waals surface area (Å²) in [6.07, 6.45) is 2.58. The fraction of sp³-hybridized carbons (Fsp3) is 0.583. The summed E-state index contributed by atoms with van der Waals surface area (Å²) in [6, 6.07) is 10.4. The van der Waals surface area contributed by atoms with E-state index >= 15 is 0 Å². The van der Waals surface area contributed by atoms with Gasteiger partial charge in [0.2, 0.25) is 0 Å². The van der Waals surface area contributed by atoms with Crippen LogP contribution in [-0.4, -0.2) is 51.3 Å². The van der Waals surface area contributed by atoms with Crippen molar-refractivity contribution in [3.63, 3.8) is 0 Å². The number of guanidine groups is 1. The van der Waals surface area contributed by atoms with Gasteiger partial charge in [-0.25, -0.2) is 4.98 Å². The Labute approximate surface area is 204 Å². The van der Waals surface area contributed by atoms with Crippen LogP contribution in [0.4, 0.5) is 5.82 Å². The van der Waals surface area contributed by atoms with E-state index in [0.29, 0.717) is 12.5 Å². The Morgan fingerprint density at radius 2 is 1.97 bits per heavy atom. The third-order valence-corrected chi connectivity index (χ3v) is 5.75. The Kier molecular flexibility index (Phi) is 9.36. The number of hydrogen-bond donors (Lipinski definition) is 2. The minimum absolute atomic E-state index is 0. The van der Waals surface area contributed by atoms with Gasteiger partial charge in [0, 0.05) is 52.1 Å². The monoisotopic (exact) mass is 539 g/mol. The quantitative estimate of drug-likeness (QED) is 0.335. The second kappa shape index (κ2) is 11.3. The third kappa shape index (κ3) is 6.68. The van der Waals surface area contributed by atoms with E-state index < -0.39 is 0 Å². The lowest BCUT2D eigenvalue weighted by Crippen LogP contribution is -2.47. The van der Waals surface area contributed by atoms with E-state index in [9.17, 15) is 0 Å². The standard InChI is InChI=1S/C24H37N5O.HI/c1-24(2,3)22-17(10-9-13-30-22)15-26-23(25-4)27-16-18-14-21(29(5)6)28-20-12-8-7-11-19(18)20;/h7-8,11-12,14,17,22H,9-10,13,15-16H2,1-6H3,(H2,25,26,27);1H. The first-order valence-electron chi connectivity index (χ1n) is 10.9. The van der Waals surface area contributed by atoms with Crippen LogP contribution in [0.1, 0.15) is 39.2 Å². The molecular formula is C24H38IN5O. The highest BCUT2D eigenvalue weighted by Gasteiger charge is 2.35. The van der Waals surface area contributed by atoms with Gasteiger partial charge in [-0.1, -0.05) is 39.0 Å². The largest absolute Gasteiger partial charge is 0.377 e. The van der Waals surface area contributed by atoms with E-state index in [1.807, 2.05) is 32.1 Å². The summed E-state index contributed by atoms with van der Waals surface area (Å²) in [7, 11) is 5.86. The number of anilines is 1. The fourth-order valence-electron chi connectivity index (χ4n) is 4.24. The molecule has 0 aliphatic carbocycles. The van der Waals surface area contributed by atoms with E-state index in [1.165, 1.54) is 17.4 Å². The topological polar surface area (TPSA) is 61.8 Å². The zero-order valence-electron chi connectivity index (χ0n) is 19.7. The van der Waals surface area contributed by atoms with Crippen molar-refractivity contribution in [2.75, 3.05) is 39.2 Å². The van der Waals surface area contributed by atoms with E-state index in [2.05, 4.69) is 60.7 Å². The average Bonchev–Trinajstić information content (AvgIpc) is 2.73. The molecule has 1 aliphatic rings. The molecule has 1 fully saturated rings. The highest BCUT2D eigenvalue weighted by atomic mass is 127. The zero-order valence-corrected chi connectivity index (χ0v) is 22.1. The van der Waals surface area contributed by atoms with Crippen molar-refractivity contribution >= 4 is 46.7 Å². The average molecular weight is 540 g/mol. The number of benzene rings is 1. The Bertz CT molecular complexity index is 878. The van der Waals surface area contributed by atoms with Crippen LogP contribution in [-0.2, 0) is 11.3 Å². The van der Waals surface area contributed by atoms with Gasteiger partial charge < -0.3 is 20.3 Å². The number of hydrogen-bond acceptors (Lipinski definition) is 4. The number of aromatic nitrogens is 1. The smallest absolute Gasteiger partial charge is 0.191 e. The molecule has 6 nitrogen and oxygen atoms in total. The lowest BCUT2D eigenvalue weighted by molar-refractivity contribution is -0.0835. The van der Waals surface area contributed by atoms with Crippen LogP contribution >= 0.6 is 24.0 Å². The maximum absolute atomic E-state index is 6.12. The summed E-state index contributed by atoms with van der Waals surface area (Å²) in [5.41, 5.74) is 2.36. The fourth-order valence-corrected chi connectivity index (χ4v) is 4.24. The third-order valence-electron chi connectivity index (χ3n) is 5.75. The summed E-state index contributed by atoms with van der Waals surface area (Å²) < 4.78 is 6.12. The van der Waals surface area contributed by atoms with Crippen LogP contribution in [0.15, 0.2) is 35.3 Å². The molecule has 1 aromatic carbocycles. The van der Waals surface area contributed by atoms with Crippen LogP contribution in [0, 0.1) is 11.3 Å². The van der Waals surface area contributed by atoms with Gasteiger partial charge in [-0.2, -0.15) is 0 Å². The molecule has 1 aliphatic heterocycles. The number of aliphatic imine (C=N–C) groups is 1. The van der Waals surface area contributed by atoms with E-state index in [-0.39, 0.29) is 35.5 Å². The van der Waals surface area contributed by atoms with Crippen molar-refractivity contribution in [3.05, 3.63) is 35.9 Å². The minimum Gasteiger partial charge on any atom is -0.377 e. The van der Waals surface area contributed by atoms with Gasteiger partial charge in [-0.3, -0.25) is 4.99 Å². The number of fused-ring (bicyclic) bond motifs is 1. The highest BCUT2D eigenvalue weighted by Crippen LogP contribution is 2.33. The van der Waals surface area contributed by atoms with Gasteiger partial charge in [0.25, 0.3) is 0 Å². The maximum atomic E-state index is 6.12. The lowest BCUT2D eigenvalue weighted by Gasteiger charge is -2.40. The molecule has 1 aromatic heterocycles. The summed E-state index contributed by atoms with van der Waals surface area (Å²) in [5.74, 6) is 2.26. The van der Waals surface area contributed by atoms with Crippen LogP contribution in [0.2, 0.25) is 0 Å². The van der Waals surface area contributed by atoms with Gasteiger partial charge in [-0.05, 0) is 36.0 Å². The molecule has 0 radical (unpaired) electrons. The van der Waals surface area contributed by atoms with Gasteiger partial charge in [0.05, 0.1) is 11.6 Å². The Hall–Kier alpha value is -1.61. The molecule has 2 aromatic rings. The van der Waals surface area contributed by atoms with Crippen molar-refractivity contribution in [1.82, 2.24) is 15.6 Å². The molecule has 0 saturated carbocycles. The van der Waals surface area contributed by atoms with Gasteiger partial charge in [0.15, 0.2) is 5.96 Å². The minimum atomic E-state index is 0. The number of nitrogens with one attached hydrogen (secondary N) is 2. The molecule has 2 atom stereocenters. The summed E-state index contributed by atoms with van der Waals surface area (Å²) in [6.45, 7) is 9.21. The molecule has 0 amide bonds. The predicted molar refractivity (Wildman–Crippen MR) is 142 cm³/mol. The first-order valence-corrected chi connectivity index (χ1v) is 10.9. The van der Waals surface area contributed by atoms with Crippen LogP contribution in [0.5, 0.6) is 0 Å². The highest BCUT2D eigenvalue weighted by molar-refractivity contribution is 14.0. The molecule has 3 rings (SSSR count). The predicted octanol–water partition coefficient (Wildman–Crippen LogP) is 4.43.